The predicted octanol–water partition coefficient (Wildman–Crippen LogP) is 2.54. The smallest absolute Gasteiger partial charge is 0.0571 e. The quantitative estimate of drug-likeness (QED) is 0.782. The highest BCUT2D eigenvalue weighted by atomic mass is 15.3. The van der Waals surface area contributed by atoms with Crippen LogP contribution in [0.2, 0.25) is 0 Å². The first-order chi connectivity index (χ1) is 7.63. The monoisotopic (exact) mass is 215 g/mol. The fraction of sp³-hybridized carbons (Fsp3) is 0.308. The summed E-state index contributed by atoms with van der Waals surface area (Å²) in [7, 11) is 1.96. The number of aromatic nitrogens is 2. The highest BCUT2D eigenvalue weighted by Gasteiger charge is 2.07. The molecule has 2 rings (SSSR count). The van der Waals surface area contributed by atoms with Crippen LogP contribution in [0, 0.1) is 6.92 Å². The molecule has 0 fully saturated rings. The third kappa shape index (κ3) is 1.69. The van der Waals surface area contributed by atoms with E-state index in [1.54, 1.807) is 0 Å². The molecule has 2 N–H and O–H groups in total. The minimum Gasteiger partial charge on any atom is -0.399 e. The Hall–Kier alpha value is -1.77. The topological polar surface area (TPSA) is 43.8 Å². The van der Waals surface area contributed by atoms with Gasteiger partial charge in [0.05, 0.1) is 6.20 Å². The van der Waals surface area contributed by atoms with Gasteiger partial charge in [0.25, 0.3) is 0 Å². The second kappa shape index (κ2) is 4.00. The van der Waals surface area contributed by atoms with Crippen molar-refractivity contribution in [1.82, 2.24) is 9.78 Å². The lowest BCUT2D eigenvalue weighted by Crippen LogP contribution is -1.94. The molecule has 0 saturated heterocycles. The number of hydrogen-bond acceptors (Lipinski definition) is 2. The van der Waals surface area contributed by atoms with Crippen molar-refractivity contribution in [2.75, 3.05) is 5.73 Å². The van der Waals surface area contributed by atoms with Gasteiger partial charge in [0.2, 0.25) is 0 Å². The number of nitrogens with two attached hydrogens (primary N) is 1. The van der Waals surface area contributed by atoms with Crippen LogP contribution in [0.4, 0.5) is 5.69 Å². The van der Waals surface area contributed by atoms with Crippen LogP contribution in [0.1, 0.15) is 18.2 Å². The lowest BCUT2D eigenvalue weighted by molar-refractivity contribution is 0.740. The molecule has 0 aliphatic rings. The summed E-state index contributed by atoms with van der Waals surface area (Å²) >= 11 is 0. The second-order valence-corrected chi connectivity index (χ2v) is 4.03. The molecule has 2 aromatic rings. The van der Waals surface area contributed by atoms with Gasteiger partial charge in [-0.2, -0.15) is 5.10 Å². The third-order valence-electron chi connectivity index (χ3n) is 3.07. The Balaban J connectivity index is 2.52. The summed E-state index contributed by atoms with van der Waals surface area (Å²) in [6, 6.07) is 6.18. The molecular weight excluding hydrogens is 198 g/mol. The zero-order valence-corrected chi connectivity index (χ0v) is 9.99. The van der Waals surface area contributed by atoms with E-state index in [0.29, 0.717) is 0 Å². The Labute approximate surface area is 95.9 Å². The van der Waals surface area contributed by atoms with E-state index in [4.69, 9.17) is 5.73 Å². The van der Waals surface area contributed by atoms with Gasteiger partial charge in [0, 0.05) is 24.0 Å². The van der Waals surface area contributed by atoms with Crippen molar-refractivity contribution in [3.05, 3.63) is 35.7 Å². The van der Waals surface area contributed by atoms with E-state index >= 15 is 0 Å². The number of anilines is 1. The standard InChI is InChI=1S/C13H17N3/c1-4-10-7-11(5-6-13(10)14)12-8-15-16(3)9(12)2/h5-8H,4,14H2,1-3H3. The molecule has 0 aliphatic carbocycles. The van der Waals surface area contributed by atoms with E-state index in [1.807, 2.05) is 24.0 Å². The Morgan fingerprint density at radius 2 is 2.12 bits per heavy atom. The SMILES string of the molecule is CCc1cc(-c2cnn(C)c2C)ccc1N. The Morgan fingerprint density at radius 3 is 2.69 bits per heavy atom. The zero-order chi connectivity index (χ0) is 11.7. The lowest BCUT2D eigenvalue weighted by Gasteiger charge is -2.06. The minimum atomic E-state index is 0.868. The van der Waals surface area contributed by atoms with Crippen LogP contribution in [0.3, 0.4) is 0 Å². The van der Waals surface area contributed by atoms with Gasteiger partial charge in [0.15, 0.2) is 0 Å². The zero-order valence-electron chi connectivity index (χ0n) is 9.99. The molecule has 3 heteroatoms. The molecule has 0 aliphatic heterocycles. The van der Waals surface area contributed by atoms with Crippen molar-refractivity contribution >= 4 is 5.69 Å². The summed E-state index contributed by atoms with van der Waals surface area (Å²) in [5.41, 5.74) is 11.5. The van der Waals surface area contributed by atoms with Gasteiger partial charge in [-0.1, -0.05) is 13.0 Å². The number of nitrogen functional groups attached to an aromatic ring is 1. The molecule has 84 valence electrons. The molecule has 1 heterocycles. The average molecular weight is 215 g/mol. The molecule has 0 unspecified atom stereocenters. The van der Waals surface area contributed by atoms with Crippen LogP contribution in [0.25, 0.3) is 11.1 Å². The molecule has 0 radical (unpaired) electrons. The Morgan fingerprint density at radius 1 is 1.38 bits per heavy atom. The summed E-state index contributed by atoms with van der Waals surface area (Å²) in [5.74, 6) is 0. The number of benzene rings is 1. The number of hydrogen-bond donors (Lipinski definition) is 1. The van der Waals surface area contributed by atoms with Crippen LogP contribution in [-0.4, -0.2) is 9.78 Å². The van der Waals surface area contributed by atoms with Crippen LogP contribution < -0.4 is 5.73 Å². The van der Waals surface area contributed by atoms with Gasteiger partial charge >= 0.3 is 0 Å². The number of aryl methyl sites for hydroxylation is 2. The van der Waals surface area contributed by atoms with Gasteiger partial charge < -0.3 is 5.73 Å². The maximum Gasteiger partial charge on any atom is 0.0571 e. The molecule has 16 heavy (non-hydrogen) atoms. The highest BCUT2D eigenvalue weighted by molar-refractivity contribution is 5.69. The van der Waals surface area contributed by atoms with Crippen molar-refractivity contribution < 1.29 is 0 Å². The molecule has 3 nitrogen and oxygen atoms in total. The average Bonchev–Trinajstić information content (AvgIpc) is 2.61. The Bertz CT molecular complexity index is 512. The third-order valence-corrected chi connectivity index (χ3v) is 3.07. The first-order valence-electron chi connectivity index (χ1n) is 5.51. The molecule has 0 spiro atoms. The van der Waals surface area contributed by atoms with Crippen LogP contribution in [-0.2, 0) is 13.5 Å². The normalized spacial score (nSPS) is 10.7. The minimum absolute atomic E-state index is 0.868. The van der Waals surface area contributed by atoms with Gasteiger partial charge in [-0.25, -0.2) is 0 Å². The molecule has 1 aromatic heterocycles. The molecule has 1 aromatic carbocycles. The number of nitrogens with zero attached hydrogens (tertiary/aromatic N) is 2. The molecule has 0 bridgehead atoms. The van der Waals surface area contributed by atoms with Crippen molar-refractivity contribution in [2.24, 2.45) is 7.05 Å². The van der Waals surface area contributed by atoms with Crippen molar-refractivity contribution in [3.8, 4) is 11.1 Å². The number of rotatable bonds is 2. The van der Waals surface area contributed by atoms with E-state index in [0.717, 1.165) is 12.1 Å². The first kappa shape index (κ1) is 10.7. The molecule has 0 saturated carbocycles. The van der Waals surface area contributed by atoms with E-state index in [1.165, 1.54) is 22.4 Å². The van der Waals surface area contributed by atoms with Crippen LogP contribution in [0.15, 0.2) is 24.4 Å². The maximum absolute atomic E-state index is 5.90. The van der Waals surface area contributed by atoms with E-state index < -0.39 is 0 Å². The summed E-state index contributed by atoms with van der Waals surface area (Å²) in [6.45, 7) is 4.19. The summed E-state index contributed by atoms with van der Waals surface area (Å²) < 4.78 is 1.89. The van der Waals surface area contributed by atoms with Crippen molar-refractivity contribution in [2.45, 2.75) is 20.3 Å². The fourth-order valence-electron chi connectivity index (χ4n) is 1.86. The van der Waals surface area contributed by atoms with Crippen molar-refractivity contribution in [3.63, 3.8) is 0 Å². The van der Waals surface area contributed by atoms with E-state index in [2.05, 4.69) is 31.1 Å². The van der Waals surface area contributed by atoms with E-state index in [9.17, 15) is 0 Å². The summed E-state index contributed by atoms with van der Waals surface area (Å²) in [5, 5.41) is 4.26. The lowest BCUT2D eigenvalue weighted by atomic mass is 10.0. The van der Waals surface area contributed by atoms with E-state index in [-0.39, 0.29) is 0 Å². The largest absolute Gasteiger partial charge is 0.399 e. The molecule has 0 atom stereocenters. The highest BCUT2D eigenvalue weighted by Crippen LogP contribution is 2.26. The van der Waals surface area contributed by atoms with Gasteiger partial charge in [-0.15, -0.1) is 0 Å². The van der Waals surface area contributed by atoms with Crippen molar-refractivity contribution in [1.29, 1.82) is 0 Å². The van der Waals surface area contributed by atoms with Gasteiger partial charge in [-0.3, -0.25) is 4.68 Å². The molecule has 0 amide bonds. The van der Waals surface area contributed by atoms with Gasteiger partial charge in [0.1, 0.15) is 0 Å². The summed E-state index contributed by atoms with van der Waals surface area (Å²) in [6.07, 6.45) is 2.86. The van der Waals surface area contributed by atoms with Gasteiger partial charge in [-0.05, 0) is 36.6 Å². The predicted molar refractivity (Wildman–Crippen MR) is 67.2 cm³/mol. The fourth-order valence-corrected chi connectivity index (χ4v) is 1.86. The molecular formula is C13H17N3. The second-order valence-electron chi connectivity index (χ2n) is 4.03. The van der Waals surface area contributed by atoms with Crippen LogP contribution >= 0.6 is 0 Å². The summed E-state index contributed by atoms with van der Waals surface area (Å²) in [4.78, 5) is 0. The maximum atomic E-state index is 5.90. The van der Waals surface area contributed by atoms with Crippen LogP contribution in [0.5, 0.6) is 0 Å². The Kier molecular flexibility index (Phi) is 2.69. The first-order valence-corrected chi connectivity index (χ1v) is 5.51.